The maximum atomic E-state index is 12.0. The van der Waals surface area contributed by atoms with Crippen molar-refractivity contribution < 1.29 is 37.6 Å². The topological polar surface area (TPSA) is 125 Å². The van der Waals surface area contributed by atoms with Gasteiger partial charge in [0.1, 0.15) is 22.8 Å². The molecular formula is C18H19ClIN6O3S+. The lowest BCUT2D eigenvalue weighted by Gasteiger charge is -2.17. The Morgan fingerprint density at radius 1 is 1.33 bits per heavy atom. The number of hydrogen-bond acceptors (Lipinski definition) is 8. The van der Waals surface area contributed by atoms with Gasteiger partial charge in [-0.15, -0.1) is 11.8 Å². The Balaban J connectivity index is 1.64. The number of fused-ring (bicyclic) bond motifs is 1. The molecule has 1 saturated heterocycles. The highest BCUT2D eigenvalue weighted by Gasteiger charge is 2.47. The Hall–Kier alpha value is -1.67. The monoisotopic (exact) mass is 561 g/mol. The average molecular weight is 562 g/mol. The fourth-order valence-electron chi connectivity index (χ4n) is 3.29. The average Bonchev–Trinajstić information content (AvgIpc) is 3.27. The number of benzene rings is 1. The third kappa shape index (κ3) is 4.08. The number of aromatic nitrogens is 4. The first-order chi connectivity index (χ1) is 14.4. The third-order valence-corrected chi connectivity index (χ3v) is 7.23. The summed E-state index contributed by atoms with van der Waals surface area (Å²) in [5, 5.41) is 25.2. The Kier molecular flexibility index (Phi) is 6.34. The van der Waals surface area contributed by atoms with Gasteiger partial charge >= 0.3 is 0 Å². The van der Waals surface area contributed by atoms with Gasteiger partial charge in [0.25, 0.3) is 22.6 Å². The highest BCUT2D eigenvalue weighted by Crippen LogP contribution is 2.43. The van der Waals surface area contributed by atoms with Crippen LogP contribution >= 0.6 is 23.4 Å². The van der Waals surface area contributed by atoms with E-state index < -0.39 is 22.8 Å². The largest absolute Gasteiger partial charge is 0.389 e. The second kappa shape index (κ2) is 8.83. The summed E-state index contributed by atoms with van der Waals surface area (Å²) in [4.78, 5) is 24.9. The number of carbonyl (C=O) groups is 1. The maximum absolute atomic E-state index is 12.0. The van der Waals surface area contributed by atoms with Gasteiger partial charge in [-0.05, 0) is 29.3 Å². The molecule has 1 fully saturated rings. The number of amides is 1. The zero-order chi connectivity index (χ0) is 21.4. The summed E-state index contributed by atoms with van der Waals surface area (Å²) >= 11 is 9.24. The molecule has 0 radical (unpaired) electrons. The second-order valence-electron chi connectivity index (χ2n) is 6.71. The van der Waals surface area contributed by atoms with Crippen molar-refractivity contribution >= 4 is 46.3 Å². The van der Waals surface area contributed by atoms with Gasteiger partial charge in [-0.1, -0.05) is 12.1 Å². The van der Waals surface area contributed by atoms with Gasteiger partial charge in [-0.25, -0.2) is 4.98 Å². The molecule has 9 nitrogen and oxygen atoms in total. The minimum absolute atomic E-state index is 0.0254. The predicted molar refractivity (Wildman–Crippen MR) is 111 cm³/mol. The van der Waals surface area contributed by atoms with E-state index in [-0.39, 0.29) is 11.2 Å². The lowest BCUT2D eigenvalue weighted by molar-refractivity contribution is -0.328. The normalized spacial score (nSPS) is 23.6. The SMILES string of the molecule is CNC(=O)[C@H]1S[C@@H](n2cnc3c(NCc4cccc([IH+])c4)nc(Cl)nc32)C(O)C1O. The highest BCUT2D eigenvalue weighted by molar-refractivity contribution is 8.01. The quantitative estimate of drug-likeness (QED) is 0.201. The van der Waals surface area contributed by atoms with Crippen LogP contribution in [0.2, 0.25) is 5.28 Å². The summed E-state index contributed by atoms with van der Waals surface area (Å²) in [7, 11) is 1.49. The molecule has 2 unspecified atom stereocenters. The van der Waals surface area contributed by atoms with E-state index in [2.05, 4.69) is 31.7 Å². The zero-order valence-electron chi connectivity index (χ0n) is 15.7. The van der Waals surface area contributed by atoms with Crippen LogP contribution in [-0.4, -0.2) is 60.1 Å². The molecule has 0 saturated carbocycles. The van der Waals surface area contributed by atoms with Gasteiger partial charge in [0.15, 0.2) is 20.6 Å². The highest BCUT2D eigenvalue weighted by atomic mass is 127. The lowest BCUT2D eigenvalue weighted by Crippen LogP contribution is -3.34. The van der Waals surface area contributed by atoms with E-state index >= 15 is 0 Å². The van der Waals surface area contributed by atoms with E-state index in [1.165, 1.54) is 13.4 Å². The molecule has 1 aliphatic rings. The van der Waals surface area contributed by atoms with Gasteiger partial charge in [0.2, 0.25) is 11.2 Å². The van der Waals surface area contributed by atoms with E-state index in [0.717, 1.165) is 20.9 Å². The van der Waals surface area contributed by atoms with Crippen LogP contribution in [0.15, 0.2) is 30.6 Å². The molecule has 2 aromatic heterocycles. The molecule has 3 aromatic rings. The fourth-order valence-corrected chi connectivity index (χ4v) is 5.58. The summed E-state index contributed by atoms with van der Waals surface area (Å²) in [6, 6.07) is 8.09. The van der Waals surface area contributed by atoms with E-state index in [4.69, 9.17) is 11.6 Å². The number of carbonyl (C=O) groups excluding carboxylic acids is 1. The molecular weight excluding hydrogens is 543 g/mol. The second-order valence-corrected chi connectivity index (χ2v) is 9.66. The third-order valence-electron chi connectivity index (χ3n) is 4.77. The van der Waals surface area contributed by atoms with Crippen LogP contribution in [0.25, 0.3) is 11.2 Å². The Morgan fingerprint density at radius 3 is 2.87 bits per heavy atom. The van der Waals surface area contributed by atoms with Crippen LogP contribution < -0.4 is 33.2 Å². The number of imidazole rings is 1. The fraction of sp³-hybridized carbons (Fsp3) is 0.333. The molecule has 12 heteroatoms. The summed E-state index contributed by atoms with van der Waals surface area (Å²) in [6.45, 7) is 0.525. The van der Waals surface area contributed by atoms with Crippen molar-refractivity contribution in [1.82, 2.24) is 24.8 Å². The number of hydrogen-bond donors (Lipinski definition) is 4. The predicted octanol–water partition coefficient (Wildman–Crippen LogP) is -2.37. The van der Waals surface area contributed by atoms with Crippen molar-refractivity contribution in [3.05, 3.63) is 45.0 Å². The summed E-state index contributed by atoms with van der Waals surface area (Å²) in [5.41, 5.74) is 1.97. The number of rotatable bonds is 5. The van der Waals surface area contributed by atoms with E-state index in [1.54, 1.807) is 4.57 Å². The molecule has 0 bridgehead atoms. The summed E-state index contributed by atoms with van der Waals surface area (Å²) in [5.74, 6) is 0.110. The first-order valence-electron chi connectivity index (χ1n) is 9.02. The number of halogens is 2. The number of aliphatic hydroxyl groups excluding tert-OH is 2. The molecule has 0 spiro atoms. The van der Waals surface area contributed by atoms with Gasteiger partial charge in [-0.3, -0.25) is 9.36 Å². The molecule has 4 rings (SSSR count). The molecule has 4 N–H and O–H groups in total. The molecule has 30 heavy (non-hydrogen) atoms. The minimum atomic E-state index is -1.21. The Bertz CT molecular complexity index is 1100. The van der Waals surface area contributed by atoms with Crippen LogP contribution in [0.4, 0.5) is 5.82 Å². The van der Waals surface area contributed by atoms with Crippen LogP contribution in [0.5, 0.6) is 0 Å². The van der Waals surface area contributed by atoms with Gasteiger partial charge in [0, 0.05) is 13.6 Å². The van der Waals surface area contributed by atoms with Crippen LogP contribution in [-0.2, 0) is 11.3 Å². The standard InChI is InChI=1S/C18H18ClIN6O3S/c1-21-16(29)13-11(27)12(28)17(30-13)26-7-23-10-14(24-18(19)25-15(10)26)22-6-8-3-2-4-9(20)5-8/h2-5,7,11-13,17,20,27-28H,6H2,1H3,(H-,21,22,24,25,29)/p+1/t11?,12?,13-,17+/m0/s1. The van der Waals surface area contributed by atoms with Crippen LogP contribution in [0.1, 0.15) is 10.9 Å². The Labute approximate surface area is 194 Å². The van der Waals surface area contributed by atoms with Crippen LogP contribution in [0.3, 0.4) is 0 Å². The van der Waals surface area contributed by atoms with E-state index in [0.29, 0.717) is 23.5 Å². The lowest BCUT2D eigenvalue weighted by atomic mass is 10.1. The van der Waals surface area contributed by atoms with Crippen molar-refractivity contribution in [3.63, 3.8) is 0 Å². The van der Waals surface area contributed by atoms with Gasteiger partial charge in [-0.2, -0.15) is 9.97 Å². The molecule has 1 aromatic carbocycles. The van der Waals surface area contributed by atoms with Crippen molar-refractivity contribution in [3.8, 4) is 0 Å². The van der Waals surface area contributed by atoms with Crippen molar-refractivity contribution in [2.24, 2.45) is 0 Å². The van der Waals surface area contributed by atoms with E-state index in [9.17, 15) is 15.0 Å². The number of aliphatic hydroxyl groups is 2. The number of anilines is 1. The van der Waals surface area contributed by atoms with Gasteiger partial charge < -0.3 is 20.8 Å². The molecule has 4 atom stereocenters. The summed E-state index contributed by atoms with van der Waals surface area (Å²) in [6.07, 6.45) is -0.880. The van der Waals surface area contributed by atoms with Gasteiger partial charge in [0.05, 0.1) is 6.33 Å². The van der Waals surface area contributed by atoms with Crippen LogP contribution in [0, 0.1) is 3.57 Å². The number of thioether (sulfide) groups is 1. The maximum Gasteiger partial charge on any atom is 0.296 e. The van der Waals surface area contributed by atoms with Crippen molar-refractivity contribution in [2.75, 3.05) is 12.4 Å². The Morgan fingerprint density at radius 2 is 2.13 bits per heavy atom. The zero-order valence-corrected chi connectivity index (χ0v) is 19.6. The molecule has 1 amide bonds. The molecule has 158 valence electrons. The van der Waals surface area contributed by atoms with Crippen molar-refractivity contribution in [1.29, 1.82) is 0 Å². The molecule has 0 aliphatic carbocycles. The molecule has 3 heterocycles. The first kappa shape index (κ1) is 21.6. The minimum Gasteiger partial charge on any atom is -0.389 e. The van der Waals surface area contributed by atoms with Crippen molar-refractivity contribution in [2.45, 2.75) is 29.4 Å². The van der Waals surface area contributed by atoms with E-state index in [1.807, 2.05) is 40.8 Å². The number of nitrogens with one attached hydrogen (secondary N) is 2. The smallest absolute Gasteiger partial charge is 0.296 e. The first-order valence-corrected chi connectivity index (χ1v) is 11.5. The number of nitrogens with zero attached hydrogens (tertiary/aromatic N) is 4. The summed E-state index contributed by atoms with van der Waals surface area (Å²) < 4.78 is 2.78. The molecule has 1 aliphatic heterocycles.